The number of ether oxygens (including phenoxy) is 1. The van der Waals surface area contributed by atoms with Gasteiger partial charge in [-0.1, -0.05) is 27.2 Å². The first-order valence-electron chi connectivity index (χ1n) is 6.28. The van der Waals surface area contributed by atoms with Gasteiger partial charge in [-0.2, -0.15) is 5.10 Å². The number of rotatable bonds is 5. The highest BCUT2D eigenvalue weighted by molar-refractivity contribution is 5.36. The van der Waals surface area contributed by atoms with Crippen LogP contribution in [0.3, 0.4) is 0 Å². The molecule has 0 aliphatic heterocycles. The second kappa shape index (κ2) is 14.7. The fraction of sp³-hybridized carbons (Fsp3) is 0.692. The molecule has 4 heteroatoms. The van der Waals surface area contributed by atoms with Gasteiger partial charge in [0.15, 0.2) is 0 Å². The highest BCUT2D eigenvalue weighted by Gasteiger charge is 1.90. The summed E-state index contributed by atoms with van der Waals surface area (Å²) >= 11 is 0. The molecule has 0 amide bonds. The van der Waals surface area contributed by atoms with E-state index in [0.29, 0.717) is 13.1 Å². The second-order valence-electron chi connectivity index (χ2n) is 3.19. The number of nitrogens with zero attached hydrogens (tertiary/aromatic N) is 2. The Kier molecular flexibility index (Phi) is 15.6. The van der Waals surface area contributed by atoms with Crippen molar-refractivity contribution >= 4 is 6.47 Å². The lowest BCUT2D eigenvalue weighted by Gasteiger charge is -1.96. The molecule has 0 bridgehead atoms. The van der Waals surface area contributed by atoms with Gasteiger partial charge in [-0.25, -0.2) is 0 Å². The van der Waals surface area contributed by atoms with E-state index in [1.165, 1.54) is 18.4 Å². The maximum atomic E-state index is 9.18. The summed E-state index contributed by atoms with van der Waals surface area (Å²) in [5, 5.41) is 4.17. The quantitative estimate of drug-likeness (QED) is 0.745. The van der Waals surface area contributed by atoms with Crippen LogP contribution in [0, 0.1) is 6.92 Å². The zero-order valence-corrected chi connectivity index (χ0v) is 11.8. The van der Waals surface area contributed by atoms with Gasteiger partial charge in [0.1, 0.15) is 0 Å². The minimum absolute atomic E-state index is 0.431. The fourth-order valence-corrected chi connectivity index (χ4v) is 0.977. The molecule has 1 heterocycles. The number of aromatic nitrogens is 2. The Labute approximate surface area is 105 Å². The smallest absolute Gasteiger partial charge is 0.293 e. The molecule has 0 radical (unpaired) electrons. The predicted molar refractivity (Wildman–Crippen MR) is 70.9 cm³/mol. The van der Waals surface area contributed by atoms with Crippen molar-refractivity contribution in [1.82, 2.24) is 9.78 Å². The Morgan fingerprint density at radius 3 is 2.35 bits per heavy atom. The Balaban J connectivity index is 0. The molecule has 0 spiro atoms. The number of carbonyl (C=O) groups is 1. The molecule has 4 nitrogen and oxygen atoms in total. The Morgan fingerprint density at radius 1 is 1.41 bits per heavy atom. The molecule has 0 aliphatic carbocycles. The zero-order valence-electron chi connectivity index (χ0n) is 11.8. The van der Waals surface area contributed by atoms with Crippen LogP contribution in [0.15, 0.2) is 12.4 Å². The fourth-order valence-electron chi connectivity index (χ4n) is 0.977. The summed E-state index contributed by atoms with van der Waals surface area (Å²) in [6.07, 6.45) is 6.44. The van der Waals surface area contributed by atoms with E-state index in [9.17, 15) is 4.79 Å². The van der Waals surface area contributed by atoms with Crippen LogP contribution in [0.2, 0.25) is 0 Å². The topological polar surface area (TPSA) is 44.1 Å². The Bertz CT molecular complexity index is 260. The van der Waals surface area contributed by atoms with Crippen molar-refractivity contribution in [2.45, 2.75) is 54.0 Å². The Hall–Kier alpha value is -1.32. The van der Waals surface area contributed by atoms with Gasteiger partial charge in [-0.05, 0) is 25.8 Å². The van der Waals surface area contributed by atoms with Crippen LogP contribution in [0.25, 0.3) is 0 Å². The third kappa shape index (κ3) is 12.6. The van der Waals surface area contributed by atoms with Gasteiger partial charge in [0.05, 0.1) is 12.8 Å². The molecule has 0 N–H and O–H groups in total. The average molecular weight is 242 g/mol. The molecule has 0 atom stereocenters. The van der Waals surface area contributed by atoms with Crippen molar-refractivity contribution in [2.75, 3.05) is 6.61 Å². The molecule has 1 aromatic heterocycles. The Morgan fingerprint density at radius 2 is 2.06 bits per heavy atom. The third-order valence-electron chi connectivity index (χ3n) is 1.74. The van der Waals surface area contributed by atoms with Gasteiger partial charge in [0.2, 0.25) is 0 Å². The number of hydrogen-bond donors (Lipinski definition) is 0. The van der Waals surface area contributed by atoms with Gasteiger partial charge in [-0.3, -0.25) is 9.48 Å². The summed E-state index contributed by atoms with van der Waals surface area (Å²) in [6, 6.07) is 0. The molecule has 1 aromatic rings. The van der Waals surface area contributed by atoms with E-state index in [0.717, 1.165) is 6.54 Å². The normalized spacial score (nSPS) is 8.29. The van der Waals surface area contributed by atoms with Crippen molar-refractivity contribution in [1.29, 1.82) is 0 Å². The van der Waals surface area contributed by atoms with Crippen molar-refractivity contribution in [3.05, 3.63) is 18.0 Å². The van der Waals surface area contributed by atoms with Crippen LogP contribution in [0.1, 0.15) is 46.1 Å². The average Bonchev–Trinajstić information content (AvgIpc) is 2.77. The highest BCUT2D eigenvalue weighted by atomic mass is 16.5. The molecule has 0 fully saturated rings. The molecule has 0 saturated carbocycles. The van der Waals surface area contributed by atoms with Crippen molar-refractivity contribution in [2.24, 2.45) is 0 Å². The van der Waals surface area contributed by atoms with Gasteiger partial charge >= 0.3 is 0 Å². The first kappa shape index (κ1) is 18.1. The maximum Gasteiger partial charge on any atom is 0.293 e. The molecule has 100 valence electrons. The summed E-state index contributed by atoms with van der Waals surface area (Å²) in [5.41, 5.74) is 1.25. The number of unbranched alkanes of at least 4 members (excludes halogenated alkanes) is 1. The lowest BCUT2D eigenvalue weighted by atomic mass is 10.3. The monoisotopic (exact) mass is 242 g/mol. The third-order valence-corrected chi connectivity index (χ3v) is 1.74. The summed E-state index contributed by atoms with van der Waals surface area (Å²) in [7, 11) is 0. The lowest BCUT2D eigenvalue weighted by molar-refractivity contribution is -0.128. The van der Waals surface area contributed by atoms with Gasteiger partial charge < -0.3 is 4.74 Å². The van der Waals surface area contributed by atoms with Crippen LogP contribution >= 0.6 is 0 Å². The summed E-state index contributed by atoms with van der Waals surface area (Å²) in [4.78, 5) is 9.18. The van der Waals surface area contributed by atoms with E-state index in [4.69, 9.17) is 0 Å². The molecule has 1 rings (SSSR count). The van der Waals surface area contributed by atoms with E-state index in [1.54, 1.807) is 6.92 Å². The molecule has 0 aliphatic rings. The van der Waals surface area contributed by atoms with Gasteiger partial charge in [0, 0.05) is 12.7 Å². The highest BCUT2D eigenvalue weighted by Crippen LogP contribution is 1.96. The second-order valence-corrected chi connectivity index (χ2v) is 3.19. The van der Waals surface area contributed by atoms with Crippen molar-refractivity contribution in [3.8, 4) is 0 Å². The zero-order chi connectivity index (χ0) is 13.5. The summed E-state index contributed by atoms with van der Waals surface area (Å²) in [5.74, 6) is 0. The number of carbonyl (C=O) groups excluding carboxylic acids is 1. The first-order chi connectivity index (χ1) is 8.24. The van der Waals surface area contributed by atoms with E-state index in [1.807, 2.05) is 24.7 Å². The minimum Gasteiger partial charge on any atom is -0.468 e. The van der Waals surface area contributed by atoms with Crippen LogP contribution in [-0.4, -0.2) is 22.9 Å². The largest absolute Gasteiger partial charge is 0.468 e. The van der Waals surface area contributed by atoms with Crippen LogP contribution in [0.4, 0.5) is 0 Å². The van der Waals surface area contributed by atoms with E-state index in [2.05, 4.69) is 29.9 Å². The molecule has 0 unspecified atom stereocenters. The van der Waals surface area contributed by atoms with Crippen LogP contribution in [-0.2, 0) is 16.1 Å². The molecular weight excluding hydrogens is 216 g/mol. The summed E-state index contributed by atoms with van der Waals surface area (Å²) < 4.78 is 6.15. The van der Waals surface area contributed by atoms with Crippen LogP contribution < -0.4 is 0 Å². The minimum atomic E-state index is 0.431. The standard InChI is InChI=1S/C8H14N2.C3H6O2.C2H6/c1-3-4-5-10-7-8(2)6-9-10;1-2-5-3-4;1-2/h6-7H,3-5H2,1-2H3;3H,2H2,1H3;1-2H3. The van der Waals surface area contributed by atoms with E-state index in [-0.39, 0.29) is 0 Å². The maximum absolute atomic E-state index is 9.18. The molecule has 17 heavy (non-hydrogen) atoms. The van der Waals surface area contributed by atoms with Gasteiger partial charge in [-0.15, -0.1) is 0 Å². The van der Waals surface area contributed by atoms with Gasteiger partial charge in [0.25, 0.3) is 6.47 Å². The van der Waals surface area contributed by atoms with E-state index >= 15 is 0 Å². The number of hydrogen-bond acceptors (Lipinski definition) is 3. The van der Waals surface area contributed by atoms with E-state index < -0.39 is 0 Å². The van der Waals surface area contributed by atoms with Crippen molar-refractivity contribution < 1.29 is 9.53 Å². The number of aryl methyl sites for hydroxylation is 2. The van der Waals surface area contributed by atoms with Crippen LogP contribution in [0.5, 0.6) is 0 Å². The SMILES string of the molecule is CC.CCCCn1cc(C)cn1.CCOC=O. The predicted octanol–water partition coefficient (Wildman–Crippen LogP) is 3.20. The summed E-state index contributed by atoms with van der Waals surface area (Å²) in [6.45, 7) is 12.0. The lowest BCUT2D eigenvalue weighted by Crippen LogP contribution is -1.96. The molecular formula is C13H26N2O2. The molecule has 0 saturated heterocycles. The first-order valence-corrected chi connectivity index (χ1v) is 6.28. The molecule has 0 aromatic carbocycles. The van der Waals surface area contributed by atoms with Crippen molar-refractivity contribution in [3.63, 3.8) is 0 Å².